The Labute approximate surface area is 193 Å². The van der Waals surface area contributed by atoms with Gasteiger partial charge in [0.05, 0.1) is 6.04 Å². The van der Waals surface area contributed by atoms with E-state index in [0.717, 1.165) is 28.7 Å². The van der Waals surface area contributed by atoms with Crippen LogP contribution < -0.4 is 0 Å². The summed E-state index contributed by atoms with van der Waals surface area (Å²) in [6.07, 6.45) is 3.12. The molecule has 0 N–H and O–H groups in total. The van der Waals surface area contributed by atoms with Crippen molar-refractivity contribution in [1.29, 1.82) is 0 Å². The van der Waals surface area contributed by atoms with E-state index in [1.165, 1.54) is 24.3 Å². The van der Waals surface area contributed by atoms with Gasteiger partial charge in [-0.2, -0.15) is 0 Å². The molecule has 0 aromatic heterocycles. The third kappa shape index (κ3) is 4.68. The van der Waals surface area contributed by atoms with Crippen LogP contribution in [0.2, 0.25) is 0 Å². The Hall–Kier alpha value is -3.47. The molecule has 1 saturated heterocycles. The standard InChI is InChI=1S/C28H27F2NO2/c1-3-17-28(23-11-15-25(30)16-12-23)18-19-31(27(32)33-28)26(4-2)22-7-5-20(6-8-22)21-9-13-24(29)14-10-21/h3,5-16,26H,1,4,17-19H2,2H3/t26-,28?/m0/s1. The lowest BCUT2D eigenvalue weighted by Gasteiger charge is -2.43. The molecule has 0 aliphatic carbocycles. The molecule has 1 aliphatic rings. The lowest BCUT2D eigenvalue weighted by atomic mass is 9.85. The van der Waals surface area contributed by atoms with Crippen molar-refractivity contribution in [3.63, 3.8) is 0 Å². The molecule has 1 fully saturated rings. The Morgan fingerprint density at radius 2 is 1.52 bits per heavy atom. The predicted octanol–water partition coefficient (Wildman–Crippen LogP) is 7.40. The molecular weight excluding hydrogens is 420 g/mol. The Balaban J connectivity index is 1.54. The van der Waals surface area contributed by atoms with Crippen molar-refractivity contribution in [1.82, 2.24) is 4.90 Å². The van der Waals surface area contributed by atoms with Crippen LogP contribution >= 0.6 is 0 Å². The van der Waals surface area contributed by atoms with Crippen molar-refractivity contribution in [3.05, 3.63) is 108 Å². The Kier molecular flexibility index (Phi) is 6.59. The van der Waals surface area contributed by atoms with Crippen molar-refractivity contribution in [2.24, 2.45) is 0 Å². The van der Waals surface area contributed by atoms with Crippen molar-refractivity contribution in [2.45, 2.75) is 37.8 Å². The molecule has 1 amide bonds. The Morgan fingerprint density at radius 3 is 2.03 bits per heavy atom. The number of hydrogen-bond acceptors (Lipinski definition) is 2. The minimum absolute atomic E-state index is 0.130. The monoisotopic (exact) mass is 447 g/mol. The average molecular weight is 448 g/mol. The molecule has 2 atom stereocenters. The van der Waals surface area contributed by atoms with Gasteiger partial charge in [-0.1, -0.05) is 61.5 Å². The van der Waals surface area contributed by atoms with E-state index < -0.39 is 5.60 Å². The molecule has 4 rings (SSSR count). The highest BCUT2D eigenvalue weighted by Gasteiger charge is 2.43. The fourth-order valence-electron chi connectivity index (χ4n) is 4.58. The number of hydrogen-bond donors (Lipinski definition) is 0. The van der Waals surface area contributed by atoms with Crippen molar-refractivity contribution in [2.75, 3.05) is 6.54 Å². The van der Waals surface area contributed by atoms with Gasteiger partial charge in [0.1, 0.15) is 17.2 Å². The van der Waals surface area contributed by atoms with E-state index in [1.807, 2.05) is 31.2 Å². The minimum Gasteiger partial charge on any atom is -0.437 e. The molecule has 0 spiro atoms. The molecule has 1 aliphatic heterocycles. The smallest absolute Gasteiger partial charge is 0.411 e. The zero-order chi connectivity index (χ0) is 23.4. The number of benzene rings is 3. The van der Waals surface area contributed by atoms with Crippen LogP contribution in [-0.2, 0) is 10.3 Å². The first-order valence-electron chi connectivity index (χ1n) is 11.2. The van der Waals surface area contributed by atoms with Gasteiger partial charge >= 0.3 is 6.09 Å². The van der Waals surface area contributed by atoms with E-state index in [9.17, 15) is 13.6 Å². The quantitative estimate of drug-likeness (QED) is 0.353. The molecule has 3 nitrogen and oxygen atoms in total. The van der Waals surface area contributed by atoms with Crippen LogP contribution in [0, 0.1) is 11.6 Å². The summed E-state index contributed by atoms with van der Waals surface area (Å²) >= 11 is 0. The lowest BCUT2D eigenvalue weighted by Crippen LogP contribution is -2.49. The number of amides is 1. The molecule has 3 aromatic rings. The van der Waals surface area contributed by atoms with Crippen LogP contribution in [0.4, 0.5) is 13.6 Å². The summed E-state index contributed by atoms with van der Waals surface area (Å²) in [6, 6.07) is 20.4. The van der Waals surface area contributed by atoms with Crippen LogP contribution in [0.25, 0.3) is 11.1 Å². The molecule has 1 unspecified atom stereocenters. The molecule has 170 valence electrons. The summed E-state index contributed by atoms with van der Waals surface area (Å²) in [5.74, 6) is -0.593. The molecule has 33 heavy (non-hydrogen) atoms. The minimum atomic E-state index is -0.840. The SMILES string of the molecule is C=CCC1(c2ccc(F)cc2)CCN([C@@H](CC)c2ccc(-c3ccc(F)cc3)cc2)C(=O)O1. The fourth-order valence-corrected chi connectivity index (χ4v) is 4.58. The second kappa shape index (κ2) is 9.57. The average Bonchev–Trinajstić information content (AvgIpc) is 2.82. The molecule has 3 aromatic carbocycles. The van der Waals surface area contributed by atoms with E-state index in [1.54, 1.807) is 35.2 Å². The number of halogens is 2. The molecule has 0 saturated carbocycles. The van der Waals surface area contributed by atoms with E-state index in [2.05, 4.69) is 6.58 Å². The topological polar surface area (TPSA) is 29.5 Å². The van der Waals surface area contributed by atoms with Gasteiger partial charge in [0.2, 0.25) is 0 Å². The second-order valence-electron chi connectivity index (χ2n) is 8.36. The van der Waals surface area contributed by atoms with Crippen molar-refractivity contribution >= 4 is 6.09 Å². The van der Waals surface area contributed by atoms with Gasteiger partial charge in [-0.05, 0) is 52.9 Å². The lowest BCUT2D eigenvalue weighted by molar-refractivity contribution is -0.0607. The molecule has 5 heteroatoms. The maximum Gasteiger partial charge on any atom is 0.411 e. The van der Waals surface area contributed by atoms with Crippen LogP contribution in [0.1, 0.15) is 43.4 Å². The van der Waals surface area contributed by atoms with Gasteiger partial charge in [-0.25, -0.2) is 13.6 Å². The van der Waals surface area contributed by atoms with Gasteiger partial charge in [0, 0.05) is 19.4 Å². The van der Waals surface area contributed by atoms with Crippen molar-refractivity contribution in [3.8, 4) is 11.1 Å². The number of nitrogens with zero attached hydrogens (tertiary/aromatic N) is 1. The number of rotatable bonds is 7. The number of carbonyl (C=O) groups excluding carboxylic acids is 1. The summed E-state index contributed by atoms with van der Waals surface area (Å²) in [5, 5.41) is 0. The number of ether oxygens (including phenoxy) is 1. The van der Waals surface area contributed by atoms with E-state index >= 15 is 0 Å². The zero-order valence-electron chi connectivity index (χ0n) is 18.6. The molecular formula is C28H27F2NO2. The molecule has 0 bridgehead atoms. The summed E-state index contributed by atoms with van der Waals surface area (Å²) in [7, 11) is 0. The number of cyclic esters (lactones) is 1. The van der Waals surface area contributed by atoms with Gasteiger partial charge in [0.25, 0.3) is 0 Å². The first-order chi connectivity index (χ1) is 16.0. The van der Waals surface area contributed by atoms with Gasteiger partial charge in [0.15, 0.2) is 0 Å². The highest BCUT2D eigenvalue weighted by Crippen LogP contribution is 2.40. The van der Waals surface area contributed by atoms with Crippen LogP contribution in [-0.4, -0.2) is 17.5 Å². The largest absolute Gasteiger partial charge is 0.437 e. The summed E-state index contributed by atoms with van der Waals surface area (Å²) < 4.78 is 32.7. The van der Waals surface area contributed by atoms with Gasteiger partial charge in [-0.15, -0.1) is 6.58 Å². The highest BCUT2D eigenvalue weighted by molar-refractivity contribution is 5.70. The third-order valence-electron chi connectivity index (χ3n) is 6.35. The first-order valence-corrected chi connectivity index (χ1v) is 11.2. The van der Waals surface area contributed by atoms with Crippen LogP contribution in [0.3, 0.4) is 0 Å². The second-order valence-corrected chi connectivity index (χ2v) is 8.36. The fraction of sp³-hybridized carbons (Fsp3) is 0.250. The van der Waals surface area contributed by atoms with Gasteiger partial charge in [-0.3, -0.25) is 0 Å². The maximum absolute atomic E-state index is 13.4. The summed E-state index contributed by atoms with van der Waals surface area (Å²) in [6.45, 7) is 6.38. The van der Waals surface area contributed by atoms with Crippen LogP contribution in [0.5, 0.6) is 0 Å². The highest BCUT2D eigenvalue weighted by atomic mass is 19.1. The Morgan fingerprint density at radius 1 is 0.970 bits per heavy atom. The molecule has 1 heterocycles. The van der Waals surface area contributed by atoms with E-state index in [-0.39, 0.29) is 23.8 Å². The Bertz CT molecular complexity index is 1110. The number of carbonyl (C=O) groups is 1. The summed E-state index contributed by atoms with van der Waals surface area (Å²) in [5.41, 5.74) is 2.86. The van der Waals surface area contributed by atoms with E-state index in [0.29, 0.717) is 19.4 Å². The van der Waals surface area contributed by atoms with Crippen LogP contribution in [0.15, 0.2) is 85.5 Å². The summed E-state index contributed by atoms with van der Waals surface area (Å²) in [4.78, 5) is 14.9. The van der Waals surface area contributed by atoms with Crippen molar-refractivity contribution < 1.29 is 18.3 Å². The normalized spacial score (nSPS) is 19.1. The van der Waals surface area contributed by atoms with Gasteiger partial charge < -0.3 is 9.64 Å². The molecule has 0 radical (unpaired) electrons. The maximum atomic E-state index is 13.4. The predicted molar refractivity (Wildman–Crippen MR) is 126 cm³/mol. The van der Waals surface area contributed by atoms with E-state index in [4.69, 9.17) is 4.74 Å². The third-order valence-corrected chi connectivity index (χ3v) is 6.35. The first kappa shape index (κ1) is 22.7. The zero-order valence-corrected chi connectivity index (χ0v) is 18.6.